The highest BCUT2D eigenvalue weighted by atomic mass is 32.2. The normalized spacial score (nSPS) is 15.8. The zero-order valence-electron chi connectivity index (χ0n) is 18.7. The molecule has 0 bridgehead atoms. The van der Waals surface area contributed by atoms with Gasteiger partial charge in [-0.15, -0.1) is 11.8 Å². The van der Waals surface area contributed by atoms with Crippen molar-refractivity contribution in [2.45, 2.75) is 83.0 Å². The Labute approximate surface area is 186 Å². The topological polar surface area (TPSA) is 45.6 Å². The summed E-state index contributed by atoms with van der Waals surface area (Å²) in [4.78, 5) is 4.80. The maximum atomic E-state index is 9.67. The average molecular weight is 425 g/mol. The number of rotatable bonds is 12. The molecular formula is C26H36N2OS. The zero-order valence-corrected chi connectivity index (χ0v) is 19.5. The van der Waals surface area contributed by atoms with Gasteiger partial charge in [0.15, 0.2) is 0 Å². The van der Waals surface area contributed by atoms with E-state index in [0.717, 1.165) is 51.5 Å². The Balaban J connectivity index is 1.54. The fourth-order valence-electron chi connectivity index (χ4n) is 4.26. The van der Waals surface area contributed by atoms with E-state index < -0.39 is 0 Å². The van der Waals surface area contributed by atoms with Crippen LogP contribution in [0.3, 0.4) is 0 Å². The molecule has 1 atom stereocenters. The second kappa shape index (κ2) is 12.2. The lowest BCUT2D eigenvalue weighted by molar-refractivity contribution is -0.0103. The van der Waals surface area contributed by atoms with Crippen LogP contribution in [0.2, 0.25) is 0 Å². The number of unbranched alkanes of at least 4 members (excludes halogenated alkanes) is 9. The highest BCUT2D eigenvalue weighted by Gasteiger charge is 2.33. The first-order valence-corrected chi connectivity index (χ1v) is 12.8. The van der Waals surface area contributed by atoms with Gasteiger partial charge in [-0.05, 0) is 23.3 Å². The average Bonchev–Trinajstić information content (AvgIpc) is 2.77. The van der Waals surface area contributed by atoms with E-state index in [1.165, 1.54) is 57.8 Å². The molecule has 0 radical (unpaired) electrons. The van der Waals surface area contributed by atoms with Gasteiger partial charge >= 0.3 is 5.71 Å². The third kappa shape index (κ3) is 5.89. The van der Waals surface area contributed by atoms with Gasteiger partial charge in [0.05, 0.1) is 23.0 Å². The molecule has 0 aromatic heterocycles. The monoisotopic (exact) mass is 424 g/mol. The van der Waals surface area contributed by atoms with Crippen LogP contribution in [0.25, 0.3) is 16.3 Å². The molecule has 2 aromatic carbocycles. The van der Waals surface area contributed by atoms with Crippen molar-refractivity contribution >= 4 is 28.2 Å². The summed E-state index contributed by atoms with van der Waals surface area (Å²) in [5.74, 6) is 2.09. The third-order valence-corrected chi connectivity index (χ3v) is 7.39. The van der Waals surface area contributed by atoms with Crippen molar-refractivity contribution in [3.8, 4) is 5.75 Å². The number of hydrogen-bond donors (Lipinski definition) is 0. The van der Waals surface area contributed by atoms with Crippen LogP contribution >= 0.6 is 11.8 Å². The van der Waals surface area contributed by atoms with E-state index in [1.807, 2.05) is 17.8 Å². The van der Waals surface area contributed by atoms with Gasteiger partial charge in [0.25, 0.3) is 0 Å². The molecule has 162 valence electrons. The summed E-state index contributed by atoms with van der Waals surface area (Å²) in [7, 11) is 0. The van der Waals surface area contributed by atoms with Gasteiger partial charge in [0, 0.05) is 5.75 Å². The molecule has 1 unspecified atom stereocenters. The minimum atomic E-state index is 0.230. The van der Waals surface area contributed by atoms with Crippen LogP contribution < -0.4 is 4.74 Å². The number of ether oxygens (including phenoxy) is 1. The van der Waals surface area contributed by atoms with E-state index in [2.05, 4.69) is 42.9 Å². The summed E-state index contributed by atoms with van der Waals surface area (Å²) >= 11 is 1.82. The SMILES string of the molecule is CCCCCCCCCCCCOc1cc2ccccc2c2c1SCC(C)C2=[N+]=[N-]. The molecule has 1 heterocycles. The summed E-state index contributed by atoms with van der Waals surface area (Å²) in [5, 5.41) is 2.29. The molecule has 0 spiro atoms. The van der Waals surface area contributed by atoms with Crippen LogP contribution in [0.4, 0.5) is 0 Å². The maximum absolute atomic E-state index is 9.67. The lowest BCUT2D eigenvalue weighted by atomic mass is 9.93. The summed E-state index contributed by atoms with van der Waals surface area (Å²) in [5.41, 5.74) is 11.5. The molecule has 0 fully saturated rings. The molecular weight excluding hydrogens is 388 g/mol. The molecule has 0 saturated heterocycles. The quantitative estimate of drug-likeness (QED) is 0.197. The van der Waals surface area contributed by atoms with E-state index >= 15 is 0 Å². The summed E-state index contributed by atoms with van der Waals surface area (Å²) in [6.07, 6.45) is 13.3. The Morgan fingerprint density at radius 2 is 1.67 bits per heavy atom. The van der Waals surface area contributed by atoms with Crippen LogP contribution in [0.5, 0.6) is 5.75 Å². The van der Waals surface area contributed by atoms with Crippen molar-refractivity contribution in [1.29, 1.82) is 0 Å². The fourth-order valence-corrected chi connectivity index (χ4v) is 5.46. The number of hydrogen-bond acceptors (Lipinski definition) is 2. The second-order valence-electron chi connectivity index (χ2n) is 8.53. The van der Waals surface area contributed by atoms with Crippen LogP contribution in [0, 0.1) is 5.92 Å². The highest BCUT2D eigenvalue weighted by molar-refractivity contribution is 7.99. The Hall–Kier alpha value is -1.77. The van der Waals surface area contributed by atoms with E-state index in [4.69, 9.17) is 4.74 Å². The Morgan fingerprint density at radius 1 is 1.00 bits per heavy atom. The molecule has 3 nitrogen and oxygen atoms in total. The van der Waals surface area contributed by atoms with Gasteiger partial charge in [-0.1, -0.05) is 95.9 Å². The molecule has 0 amide bonds. The molecule has 30 heavy (non-hydrogen) atoms. The first-order chi connectivity index (χ1) is 14.8. The Bertz CT molecular complexity index is 873. The van der Waals surface area contributed by atoms with Gasteiger partial charge in [-0.25, -0.2) is 0 Å². The zero-order chi connectivity index (χ0) is 21.2. The van der Waals surface area contributed by atoms with E-state index in [1.54, 1.807) is 0 Å². The Kier molecular flexibility index (Phi) is 9.29. The molecule has 1 aliphatic rings. The van der Waals surface area contributed by atoms with Crippen molar-refractivity contribution in [3.63, 3.8) is 0 Å². The van der Waals surface area contributed by atoms with E-state index in [0.29, 0.717) is 0 Å². The van der Waals surface area contributed by atoms with Crippen LogP contribution in [-0.4, -0.2) is 22.9 Å². The van der Waals surface area contributed by atoms with E-state index in [9.17, 15) is 5.53 Å². The van der Waals surface area contributed by atoms with Gasteiger partial charge < -0.3 is 10.3 Å². The number of thioether (sulfide) groups is 1. The minimum absolute atomic E-state index is 0.230. The summed E-state index contributed by atoms with van der Waals surface area (Å²) in [6, 6.07) is 10.5. The van der Waals surface area contributed by atoms with Gasteiger partial charge in [0.1, 0.15) is 5.75 Å². The Morgan fingerprint density at radius 3 is 2.37 bits per heavy atom. The molecule has 4 heteroatoms. The minimum Gasteiger partial charge on any atom is -0.492 e. The van der Waals surface area contributed by atoms with Gasteiger partial charge in [-0.3, -0.25) is 0 Å². The molecule has 0 N–H and O–H groups in total. The van der Waals surface area contributed by atoms with Gasteiger partial charge in [0.2, 0.25) is 0 Å². The first kappa shape index (κ1) is 22.9. The largest absolute Gasteiger partial charge is 0.492 e. The van der Waals surface area contributed by atoms with Gasteiger partial charge in [-0.2, -0.15) is 4.79 Å². The van der Waals surface area contributed by atoms with Crippen molar-refractivity contribution in [2.24, 2.45) is 5.92 Å². The van der Waals surface area contributed by atoms with Crippen molar-refractivity contribution in [3.05, 3.63) is 41.4 Å². The lowest BCUT2D eigenvalue weighted by Gasteiger charge is -2.22. The molecule has 3 rings (SSSR count). The summed E-state index contributed by atoms with van der Waals surface area (Å²) < 4.78 is 6.26. The van der Waals surface area contributed by atoms with E-state index in [-0.39, 0.29) is 5.92 Å². The predicted octanol–water partition coefficient (Wildman–Crippen LogP) is 7.90. The van der Waals surface area contributed by atoms with Crippen molar-refractivity contribution in [2.75, 3.05) is 12.4 Å². The predicted molar refractivity (Wildman–Crippen MR) is 129 cm³/mol. The second-order valence-corrected chi connectivity index (χ2v) is 9.56. The standard InChI is InChI=1S/C26H36N2OS/c1-3-4-5-6-7-8-9-10-11-14-17-29-23-18-21-15-12-13-16-22(21)24-25(28-27)20(2)19-30-26(23)24/h12-13,15-16,18,20H,3-11,14,17,19H2,1-2H3. The number of nitrogens with zero attached hydrogens (tertiary/aromatic N) is 2. The molecule has 0 aliphatic carbocycles. The smallest absolute Gasteiger partial charge is 0.304 e. The number of benzene rings is 2. The number of fused-ring (bicyclic) bond motifs is 3. The summed E-state index contributed by atoms with van der Waals surface area (Å²) in [6.45, 7) is 5.15. The van der Waals surface area contributed by atoms with Crippen LogP contribution in [-0.2, 0) is 0 Å². The molecule has 2 aromatic rings. The first-order valence-electron chi connectivity index (χ1n) is 11.8. The van der Waals surface area contributed by atoms with Crippen molar-refractivity contribution in [1.82, 2.24) is 0 Å². The third-order valence-electron chi connectivity index (χ3n) is 6.03. The van der Waals surface area contributed by atoms with Crippen molar-refractivity contribution < 1.29 is 9.53 Å². The fraction of sp³-hybridized carbons (Fsp3) is 0.577. The maximum Gasteiger partial charge on any atom is 0.304 e. The van der Waals surface area contributed by atoms with Crippen LogP contribution in [0.15, 0.2) is 35.2 Å². The molecule has 1 aliphatic heterocycles. The highest BCUT2D eigenvalue weighted by Crippen LogP contribution is 2.43. The van der Waals surface area contributed by atoms with Crippen LogP contribution in [0.1, 0.15) is 83.6 Å². The molecule has 0 saturated carbocycles. The lowest BCUT2D eigenvalue weighted by Crippen LogP contribution is -2.22.